The molecule has 1 fully saturated rings. The average molecular weight is 1430 g/mol. The Kier molecular flexibility index (Phi) is 32.1. The van der Waals surface area contributed by atoms with Crippen LogP contribution >= 0.6 is 11.8 Å². The fourth-order valence-electron chi connectivity index (χ4n) is 13.2. The number of nitrogens with zero attached hydrogens (tertiary/aromatic N) is 4. The lowest BCUT2D eigenvalue weighted by Gasteiger charge is -2.32. The zero-order chi connectivity index (χ0) is 73.3. The van der Waals surface area contributed by atoms with Crippen molar-refractivity contribution in [2.24, 2.45) is 17.4 Å². The number of aryl methyl sites for hydroxylation is 1. The van der Waals surface area contributed by atoms with Crippen molar-refractivity contribution in [3.05, 3.63) is 203 Å². The molecule has 2 aliphatic heterocycles. The first kappa shape index (κ1) is 78.8. The highest BCUT2D eigenvalue weighted by Crippen LogP contribution is 2.28. The molecule has 2 heterocycles. The van der Waals surface area contributed by atoms with Crippen molar-refractivity contribution < 1.29 is 57.4 Å². The highest BCUT2D eigenvalue weighted by atomic mass is 32.2. The van der Waals surface area contributed by atoms with E-state index in [1.165, 1.54) is 40.7 Å². The summed E-state index contributed by atoms with van der Waals surface area (Å²) in [5.41, 5.74) is 16.4. The third kappa shape index (κ3) is 27.1. The number of methoxy groups -OCH3 is 2. The molecule has 6 aromatic rings. The fourth-order valence-corrected chi connectivity index (χ4v) is 14.1. The summed E-state index contributed by atoms with van der Waals surface area (Å²) in [5, 5.41) is 12.3. The molecule has 8 N–H and O–H groups in total. The van der Waals surface area contributed by atoms with Crippen LogP contribution in [0.1, 0.15) is 121 Å². The van der Waals surface area contributed by atoms with Crippen LogP contribution < -0.4 is 42.2 Å². The van der Waals surface area contributed by atoms with Crippen LogP contribution in [0.5, 0.6) is 11.5 Å². The molecule has 23 heteroatoms. The topological polar surface area (TPSA) is 302 Å². The summed E-state index contributed by atoms with van der Waals surface area (Å²) in [4.78, 5) is 151. The van der Waals surface area contributed by atoms with E-state index in [1.54, 1.807) is 72.8 Å². The SMILES string of the molecule is COc1cc(CC(=O)N2CC(=O)N[C@@H](Cc3ccccc3)C(=O)N(CC(N)=O)C(=O)CCSCc3ccc(cc3)C(=O)N[C@@H](CCCCN)CN(C(=O)CCC3CCCCC3)CC(=O)N[C@@H](Cc3ccccc3)CN(C(=O)CCc3ccccc3)CC(=O)N[C@@H](Cc3ccccc3)C2)cc(OC)c1. The Morgan fingerprint density at radius 2 is 1.02 bits per heavy atom. The van der Waals surface area contributed by atoms with Gasteiger partial charge in [0, 0.05) is 74.5 Å². The number of hydrogen-bond acceptors (Lipinski definition) is 14. The highest BCUT2D eigenvalue weighted by molar-refractivity contribution is 7.98. The van der Waals surface area contributed by atoms with Crippen molar-refractivity contribution >= 4 is 70.8 Å². The predicted molar refractivity (Wildman–Crippen MR) is 397 cm³/mol. The second-order valence-corrected chi connectivity index (χ2v) is 27.8. The highest BCUT2D eigenvalue weighted by Gasteiger charge is 2.34. The number of hydrogen-bond donors (Lipinski definition) is 6. The largest absolute Gasteiger partial charge is 0.497 e. The van der Waals surface area contributed by atoms with Gasteiger partial charge in [0.15, 0.2) is 0 Å². The monoisotopic (exact) mass is 1420 g/mol. The zero-order valence-electron chi connectivity index (χ0n) is 59.3. The molecule has 2 bridgehead atoms. The minimum absolute atomic E-state index is 0.0119. The van der Waals surface area contributed by atoms with Gasteiger partial charge >= 0.3 is 0 Å². The Bertz CT molecular complexity index is 3710. The van der Waals surface area contributed by atoms with Crippen molar-refractivity contribution in [2.45, 2.75) is 139 Å². The zero-order valence-corrected chi connectivity index (χ0v) is 60.1. The van der Waals surface area contributed by atoms with Gasteiger partial charge in [-0.3, -0.25) is 52.8 Å². The van der Waals surface area contributed by atoms with Crippen molar-refractivity contribution in [2.75, 3.05) is 72.3 Å². The molecule has 0 unspecified atom stereocenters. The average Bonchev–Trinajstić information content (AvgIpc) is 0.829. The molecule has 1 saturated carbocycles. The van der Waals surface area contributed by atoms with E-state index >= 15 is 19.2 Å². The number of ether oxygens (including phenoxy) is 2. The maximum atomic E-state index is 15.2. The summed E-state index contributed by atoms with van der Waals surface area (Å²) in [6, 6.07) is 44.9. The summed E-state index contributed by atoms with van der Waals surface area (Å²) in [7, 11) is 2.94. The van der Waals surface area contributed by atoms with Crippen LogP contribution in [-0.4, -0.2) is 175 Å². The summed E-state index contributed by atoms with van der Waals surface area (Å²) in [6.07, 6.45) is 7.95. The second kappa shape index (κ2) is 41.9. The number of thioether (sulfide) groups is 1. The lowest BCUT2D eigenvalue weighted by molar-refractivity contribution is -0.149. The number of carbonyl (C=O) groups excluding carboxylic acids is 10. The van der Waals surface area contributed by atoms with Crippen molar-refractivity contribution in [3.63, 3.8) is 0 Å². The van der Waals surface area contributed by atoms with E-state index in [9.17, 15) is 28.8 Å². The summed E-state index contributed by atoms with van der Waals surface area (Å²) in [6.45, 7) is -2.37. The maximum absolute atomic E-state index is 15.2. The number of carbonyl (C=O) groups is 10. The molecule has 9 rings (SSSR count). The number of rotatable bonds is 22. The number of benzene rings is 6. The molecule has 1 aliphatic carbocycles. The number of unbranched alkanes of at least 4 members (excludes halogenated alkanes) is 1. The summed E-state index contributed by atoms with van der Waals surface area (Å²) >= 11 is 1.38. The third-order valence-corrected chi connectivity index (χ3v) is 19.6. The predicted octanol–water partition coefficient (Wildman–Crippen LogP) is 7.31. The molecule has 3 aliphatic rings. The van der Waals surface area contributed by atoms with E-state index < -0.39 is 91.1 Å². The van der Waals surface area contributed by atoms with Gasteiger partial charge in [-0.1, -0.05) is 172 Å². The molecule has 103 heavy (non-hydrogen) atoms. The van der Waals surface area contributed by atoms with Gasteiger partial charge in [-0.25, -0.2) is 0 Å². The van der Waals surface area contributed by atoms with Gasteiger partial charge in [0.1, 0.15) is 24.1 Å². The summed E-state index contributed by atoms with van der Waals surface area (Å²) < 4.78 is 11.1. The Balaban J connectivity index is 1.19. The van der Waals surface area contributed by atoms with Crippen LogP contribution in [0.3, 0.4) is 0 Å². The molecule has 22 nitrogen and oxygen atoms in total. The van der Waals surface area contributed by atoms with E-state index in [0.29, 0.717) is 78.5 Å². The van der Waals surface area contributed by atoms with Crippen LogP contribution in [0.25, 0.3) is 0 Å². The Morgan fingerprint density at radius 1 is 0.524 bits per heavy atom. The van der Waals surface area contributed by atoms with Gasteiger partial charge in [0.05, 0.1) is 52.4 Å². The van der Waals surface area contributed by atoms with Gasteiger partial charge in [-0.15, -0.1) is 0 Å². The van der Waals surface area contributed by atoms with E-state index in [1.807, 2.05) is 91.0 Å². The molecule has 0 aromatic heterocycles. The smallest absolute Gasteiger partial charge is 0.252 e. The number of primary amides is 1. The minimum atomic E-state index is -1.46. The van der Waals surface area contributed by atoms with Crippen molar-refractivity contribution in [1.29, 1.82) is 0 Å². The van der Waals surface area contributed by atoms with Crippen LogP contribution in [0.4, 0.5) is 0 Å². The van der Waals surface area contributed by atoms with Crippen LogP contribution in [0.15, 0.2) is 164 Å². The minimum Gasteiger partial charge on any atom is -0.497 e. The number of nitrogens with one attached hydrogen (secondary N) is 4. The maximum Gasteiger partial charge on any atom is 0.252 e. The molecular formula is C80H100N10O12S. The van der Waals surface area contributed by atoms with E-state index in [4.69, 9.17) is 20.9 Å². The standard InChI is InChI=1S/C80H100N10O12S/c1-101-68-44-63(45-69(48-68)102-2)47-78(98)89-51-67(43-60-26-14-6-15-27-60)84-73(93)54-88(76(96)38-34-58-22-10-4-11-23-58)50-66(42-59-24-12-5-13-25-59)83-72(92)53-87(75(95)37-33-57-20-8-3-9-21-57)49-65(30-18-19-40-81)85-79(99)64-35-31-62(32-36-64)56-103-41-39-77(97)90(52-71(82)91)80(100)70(86-74(94)55-89)46-61-28-16-7-17-29-61/h4-7,10-17,22-29,31-32,35-36,44-45,48,57,65-67,70H,3,8-9,18-21,30,33-34,37-43,46-47,49-56,81H2,1-2H3,(H2,82,91)(H,83,92)(H,84,93)(H,85,99)(H,86,94)/t65-,66-,67-,70-/m0/s1. The quantitative estimate of drug-likeness (QED) is 0.0221. The molecule has 10 amide bonds. The molecule has 4 atom stereocenters. The van der Waals surface area contributed by atoms with Gasteiger partial charge in [0.2, 0.25) is 47.3 Å². The van der Waals surface area contributed by atoms with Gasteiger partial charge in [-0.05, 0) is 109 Å². The molecule has 0 saturated heterocycles. The molecule has 0 spiro atoms. The van der Waals surface area contributed by atoms with Crippen LogP contribution in [-0.2, 0) is 81.0 Å². The van der Waals surface area contributed by atoms with E-state index in [2.05, 4.69) is 21.3 Å². The van der Waals surface area contributed by atoms with Gasteiger partial charge in [-0.2, -0.15) is 11.8 Å². The molecule has 0 radical (unpaired) electrons. The van der Waals surface area contributed by atoms with Gasteiger partial charge < -0.3 is 56.9 Å². The van der Waals surface area contributed by atoms with Crippen molar-refractivity contribution in [1.82, 2.24) is 40.9 Å². The number of amides is 10. The normalized spacial score (nSPS) is 18.7. The first-order chi connectivity index (χ1) is 49.9. The molecule has 6 aromatic carbocycles. The first-order valence-electron chi connectivity index (χ1n) is 35.8. The fraction of sp³-hybridized carbons (Fsp3) is 0.425. The van der Waals surface area contributed by atoms with Crippen LogP contribution in [0.2, 0.25) is 0 Å². The Morgan fingerprint density at radius 3 is 1.54 bits per heavy atom. The third-order valence-electron chi connectivity index (χ3n) is 18.6. The van der Waals surface area contributed by atoms with Gasteiger partial charge in [0.25, 0.3) is 11.8 Å². The number of nitrogens with two attached hydrogens (primary N) is 2. The Labute approximate surface area is 609 Å². The number of fused-ring (bicyclic) bond motifs is 29. The lowest BCUT2D eigenvalue weighted by atomic mass is 9.86. The summed E-state index contributed by atoms with van der Waals surface area (Å²) in [5.74, 6) is -4.40. The van der Waals surface area contributed by atoms with E-state index in [0.717, 1.165) is 59.3 Å². The van der Waals surface area contributed by atoms with Crippen LogP contribution in [0, 0.1) is 5.92 Å². The molecular weight excluding hydrogens is 1330 g/mol. The lowest BCUT2D eigenvalue weighted by Crippen LogP contribution is -2.56. The number of imide groups is 1. The van der Waals surface area contributed by atoms with E-state index in [-0.39, 0.29) is 88.7 Å². The second-order valence-electron chi connectivity index (χ2n) is 26.7. The Hall–Kier alpha value is -9.87. The molecule has 548 valence electrons. The first-order valence-corrected chi connectivity index (χ1v) is 36.9. The van der Waals surface area contributed by atoms with Crippen molar-refractivity contribution in [3.8, 4) is 11.5 Å².